The topological polar surface area (TPSA) is 61.4 Å². The van der Waals surface area contributed by atoms with Crippen molar-refractivity contribution in [1.82, 2.24) is 10.2 Å². The van der Waals surface area contributed by atoms with Gasteiger partial charge < -0.3 is 15.5 Å². The van der Waals surface area contributed by atoms with Crippen LogP contribution in [0.5, 0.6) is 0 Å². The summed E-state index contributed by atoms with van der Waals surface area (Å²) < 4.78 is 0. The minimum absolute atomic E-state index is 0.0573. The quantitative estimate of drug-likeness (QED) is 0.755. The molecule has 0 unspecified atom stereocenters. The third-order valence-corrected chi connectivity index (χ3v) is 5.58. The first-order valence-corrected chi connectivity index (χ1v) is 10.0. The molecular formula is C23H29N3O2. The number of urea groups is 1. The summed E-state index contributed by atoms with van der Waals surface area (Å²) in [5.74, 6) is 0.470. The van der Waals surface area contributed by atoms with Gasteiger partial charge in [-0.3, -0.25) is 4.79 Å². The predicted molar refractivity (Wildman–Crippen MR) is 112 cm³/mol. The van der Waals surface area contributed by atoms with Gasteiger partial charge in [0.15, 0.2) is 0 Å². The van der Waals surface area contributed by atoms with Crippen LogP contribution >= 0.6 is 0 Å². The second-order valence-electron chi connectivity index (χ2n) is 7.57. The number of amides is 3. The molecule has 1 fully saturated rings. The zero-order valence-corrected chi connectivity index (χ0v) is 16.7. The fourth-order valence-electron chi connectivity index (χ4n) is 3.64. The molecule has 0 bridgehead atoms. The van der Waals surface area contributed by atoms with Crippen molar-refractivity contribution in [1.29, 1.82) is 0 Å². The van der Waals surface area contributed by atoms with Gasteiger partial charge in [0.2, 0.25) is 0 Å². The van der Waals surface area contributed by atoms with Gasteiger partial charge in [-0.1, -0.05) is 43.2 Å². The maximum Gasteiger partial charge on any atom is 0.317 e. The van der Waals surface area contributed by atoms with Crippen molar-refractivity contribution >= 4 is 17.6 Å². The first-order chi connectivity index (χ1) is 13.5. The number of benzene rings is 2. The average molecular weight is 380 g/mol. The van der Waals surface area contributed by atoms with Crippen LogP contribution in [0.15, 0.2) is 54.6 Å². The van der Waals surface area contributed by atoms with Crippen LogP contribution < -0.4 is 10.6 Å². The molecule has 1 saturated carbocycles. The molecule has 0 heterocycles. The molecule has 3 amide bonds. The third kappa shape index (κ3) is 5.12. The van der Waals surface area contributed by atoms with Crippen LogP contribution in [0.2, 0.25) is 0 Å². The Balaban J connectivity index is 1.60. The molecule has 148 valence electrons. The maximum absolute atomic E-state index is 12.5. The molecule has 0 spiro atoms. The molecule has 3 rings (SSSR count). The molecule has 1 aliphatic carbocycles. The van der Waals surface area contributed by atoms with Crippen LogP contribution in [0.3, 0.4) is 0 Å². The van der Waals surface area contributed by atoms with E-state index < -0.39 is 0 Å². The molecule has 1 aliphatic rings. The van der Waals surface area contributed by atoms with E-state index in [9.17, 15) is 9.59 Å². The van der Waals surface area contributed by atoms with Crippen molar-refractivity contribution in [3.8, 4) is 0 Å². The van der Waals surface area contributed by atoms with Gasteiger partial charge in [0.25, 0.3) is 5.91 Å². The molecule has 2 aromatic rings. The summed E-state index contributed by atoms with van der Waals surface area (Å²) in [5.41, 5.74) is 2.31. The molecule has 5 heteroatoms. The Kier molecular flexibility index (Phi) is 6.69. The normalized spacial score (nSPS) is 15.1. The van der Waals surface area contributed by atoms with Crippen molar-refractivity contribution in [3.63, 3.8) is 0 Å². The van der Waals surface area contributed by atoms with Crippen LogP contribution in [-0.4, -0.2) is 30.4 Å². The minimum atomic E-state index is -0.145. The molecule has 0 aliphatic heterocycles. The largest absolute Gasteiger partial charge is 0.338 e. The van der Waals surface area contributed by atoms with E-state index in [0.717, 1.165) is 17.8 Å². The van der Waals surface area contributed by atoms with Gasteiger partial charge in [-0.15, -0.1) is 0 Å². The third-order valence-electron chi connectivity index (χ3n) is 5.58. The molecule has 0 radical (unpaired) electrons. The highest BCUT2D eigenvalue weighted by molar-refractivity contribution is 6.04. The highest BCUT2D eigenvalue weighted by Crippen LogP contribution is 2.25. The zero-order valence-electron chi connectivity index (χ0n) is 16.7. The van der Waals surface area contributed by atoms with Crippen LogP contribution in [0.4, 0.5) is 10.5 Å². The Morgan fingerprint density at radius 3 is 2.50 bits per heavy atom. The average Bonchev–Trinajstić information content (AvgIpc) is 3.25. The van der Waals surface area contributed by atoms with Crippen LogP contribution in [0.25, 0.3) is 0 Å². The lowest BCUT2D eigenvalue weighted by Gasteiger charge is -2.26. The van der Waals surface area contributed by atoms with E-state index in [1.165, 1.54) is 25.7 Å². The van der Waals surface area contributed by atoms with Crippen molar-refractivity contribution in [2.24, 2.45) is 5.92 Å². The van der Waals surface area contributed by atoms with E-state index in [-0.39, 0.29) is 18.0 Å². The number of rotatable bonds is 6. The fourth-order valence-corrected chi connectivity index (χ4v) is 3.64. The summed E-state index contributed by atoms with van der Waals surface area (Å²) >= 11 is 0. The highest BCUT2D eigenvalue weighted by atomic mass is 16.2. The SMILES string of the molecule is C[C@H](c1cccc(NC(=O)c2ccccc2)c1)N(C)C(=O)NCC1CCCC1. The smallest absolute Gasteiger partial charge is 0.317 e. The van der Waals surface area contributed by atoms with E-state index in [1.54, 1.807) is 17.0 Å². The first kappa shape index (κ1) is 19.9. The van der Waals surface area contributed by atoms with Crippen molar-refractivity contribution in [2.75, 3.05) is 18.9 Å². The number of nitrogens with zero attached hydrogens (tertiary/aromatic N) is 1. The van der Waals surface area contributed by atoms with Crippen molar-refractivity contribution in [3.05, 3.63) is 65.7 Å². The van der Waals surface area contributed by atoms with Crippen LogP contribution in [-0.2, 0) is 0 Å². The van der Waals surface area contributed by atoms with E-state index >= 15 is 0 Å². The summed E-state index contributed by atoms with van der Waals surface area (Å²) in [6, 6.07) is 16.6. The predicted octanol–water partition coefficient (Wildman–Crippen LogP) is 4.83. The Morgan fingerprint density at radius 1 is 1.07 bits per heavy atom. The Bertz CT molecular complexity index is 801. The van der Waals surface area contributed by atoms with Gasteiger partial charge in [-0.05, 0) is 55.5 Å². The van der Waals surface area contributed by atoms with Gasteiger partial charge in [0, 0.05) is 24.8 Å². The van der Waals surface area contributed by atoms with Gasteiger partial charge in [0.05, 0.1) is 6.04 Å². The molecule has 2 N–H and O–H groups in total. The maximum atomic E-state index is 12.5. The summed E-state index contributed by atoms with van der Waals surface area (Å²) in [5, 5.41) is 5.99. The van der Waals surface area contributed by atoms with E-state index in [4.69, 9.17) is 0 Å². The molecule has 0 saturated heterocycles. The monoisotopic (exact) mass is 379 g/mol. The lowest BCUT2D eigenvalue weighted by Crippen LogP contribution is -2.40. The Hall–Kier alpha value is -2.82. The van der Waals surface area contributed by atoms with E-state index in [2.05, 4.69) is 10.6 Å². The van der Waals surface area contributed by atoms with Gasteiger partial charge >= 0.3 is 6.03 Å². The first-order valence-electron chi connectivity index (χ1n) is 10.0. The lowest BCUT2D eigenvalue weighted by molar-refractivity contribution is 0.102. The molecule has 2 aromatic carbocycles. The van der Waals surface area contributed by atoms with E-state index in [1.807, 2.05) is 56.4 Å². The molecule has 1 atom stereocenters. The number of carbonyl (C=O) groups is 2. The van der Waals surface area contributed by atoms with Crippen LogP contribution in [0, 0.1) is 5.92 Å². The Labute approximate surface area is 167 Å². The molecular weight excluding hydrogens is 350 g/mol. The molecule has 28 heavy (non-hydrogen) atoms. The second kappa shape index (κ2) is 9.40. The number of hydrogen-bond acceptors (Lipinski definition) is 2. The summed E-state index contributed by atoms with van der Waals surface area (Å²) in [6.45, 7) is 2.75. The lowest BCUT2D eigenvalue weighted by atomic mass is 10.1. The molecule has 0 aromatic heterocycles. The minimum Gasteiger partial charge on any atom is -0.338 e. The van der Waals surface area contributed by atoms with Gasteiger partial charge in [-0.25, -0.2) is 4.79 Å². The Morgan fingerprint density at radius 2 is 1.79 bits per heavy atom. The fraction of sp³-hybridized carbons (Fsp3) is 0.391. The van der Waals surface area contributed by atoms with Gasteiger partial charge in [0.1, 0.15) is 0 Å². The molecule has 5 nitrogen and oxygen atoms in total. The summed E-state index contributed by atoms with van der Waals surface area (Å²) in [4.78, 5) is 26.6. The van der Waals surface area contributed by atoms with E-state index in [0.29, 0.717) is 11.5 Å². The number of anilines is 1. The van der Waals surface area contributed by atoms with Crippen LogP contribution in [0.1, 0.15) is 54.6 Å². The highest BCUT2D eigenvalue weighted by Gasteiger charge is 2.20. The summed E-state index contributed by atoms with van der Waals surface area (Å²) in [6.07, 6.45) is 4.97. The number of carbonyl (C=O) groups excluding carboxylic acids is 2. The van der Waals surface area contributed by atoms with Gasteiger partial charge in [-0.2, -0.15) is 0 Å². The number of nitrogens with one attached hydrogen (secondary N) is 2. The van der Waals surface area contributed by atoms with Crippen molar-refractivity contribution in [2.45, 2.75) is 38.6 Å². The zero-order chi connectivity index (χ0) is 19.9. The number of hydrogen-bond donors (Lipinski definition) is 2. The standard InChI is InChI=1S/C23H29N3O2/c1-17(26(2)23(28)24-16-18-9-6-7-10-18)20-13-8-14-21(15-20)25-22(27)19-11-4-3-5-12-19/h3-5,8,11-15,17-18H,6-7,9-10,16H2,1-2H3,(H,24,28)(H,25,27)/t17-/m1/s1. The summed E-state index contributed by atoms with van der Waals surface area (Å²) in [7, 11) is 1.81. The van der Waals surface area contributed by atoms with Crippen molar-refractivity contribution < 1.29 is 9.59 Å². The second-order valence-corrected chi connectivity index (χ2v) is 7.57.